The molecule has 2 aromatic rings. The third-order valence-electron chi connectivity index (χ3n) is 3.00. The SMILES string of the molecule is CC(=Cc1ccc(C(=O)NO)cc1)CNc1cccnc1Cl. The molecule has 0 unspecified atom stereocenters. The van der Waals surface area contributed by atoms with Crippen molar-refractivity contribution in [2.24, 2.45) is 0 Å². The number of pyridine rings is 1. The van der Waals surface area contributed by atoms with E-state index < -0.39 is 5.91 Å². The first-order chi connectivity index (χ1) is 10.6. The number of aromatic nitrogens is 1. The van der Waals surface area contributed by atoms with Crippen LogP contribution in [0.1, 0.15) is 22.8 Å². The van der Waals surface area contributed by atoms with Crippen LogP contribution in [0.15, 0.2) is 48.2 Å². The van der Waals surface area contributed by atoms with Crippen molar-refractivity contribution in [2.45, 2.75) is 6.92 Å². The lowest BCUT2D eigenvalue weighted by molar-refractivity contribution is 0.0706. The summed E-state index contributed by atoms with van der Waals surface area (Å²) >= 11 is 5.98. The van der Waals surface area contributed by atoms with Crippen molar-refractivity contribution in [1.82, 2.24) is 10.5 Å². The van der Waals surface area contributed by atoms with Gasteiger partial charge in [-0.05, 0) is 36.8 Å². The molecule has 0 aliphatic rings. The molecule has 3 N–H and O–H groups in total. The van der Waals surface area contributed by atoms with Gasteiger partial charge in [-0.2, -0.15) is 0 Å². The Kier molecular flexibility index (Phi) is 5.52. The van der Waals surface area contributed by atoms with E-state index in [0.29, 0.717) is 17.3 Å². The van der Waals surface area contributed by atoms with Gasteiger partial charge in [-0.15, -0.1) is 0 Å². The number of carbonyl (C=O) groups excluding carboxylic acids is 1. The predicted molar refractivity (Wildman–Crippen MR) is 87.1 cm³/mol. The summed E-state index contributed by atoms with van der Waals surface area (Å²) in [5, 5.41) is 12.2. The number of nitrogens with one attached hydrogen (secondary N) is 2. The molecule has 2 rings (SSSR count). The molecule has 114 valence electrons. The first kappa shape index (κ1) is 16.0. The molecule has 0 aliphatic heterocycles. The Hall–Kier alpha value is -2.37. The van der Waals surface area contributed by atoms with E-state index in [-0.39, 0.29) is 0 Å². The van der Waals surface area contributed by atoms with E-state index in [0.717, 1.165) is 16.8 Å². The number of carbonyl (C=O) groups is 1. The Bertz CT molecular complexity index is 684. The highest BCUT2D eigenvalue weighted by Crippen LogP contribution is 2.18. The molecule has 22 heavy (non-hydrogen) atoms. The molecule has 1 aromatic heterocycles. The molecule has 0 atom stereocenters. The first-order valence-electron chi connectivity index (χ1n) is 6.66. The largest absolute Gasteiger partial charge is 0.379 e. The molecule has 6 heteroatoms. The molecule has 0 saturated heterocycles. The lowest BCUT2D eigenvalue weighted by atomic mass is 10.1. The minimum Gasteiger partial charge on any atom is -0.379 e. The minimum atomic E-state index is -0.528. The van der Waals surface area contributed by atoms with Gasteiger partial charge in [-0.25, -0.2) is 10.5 Å². The van der Waals surface area contributed by atoms with Crippen molar-refractivity contribution < 1.29 is 10.0 Å². The van der Waals surface area contributed by atoms with Crippen LogP contribution in [0.25, 0.3) is 6.08 Å². The van der Waals surface area contributed by atoms with Gasteiger partial charge in [-0.1, -0.05) is 35.4 Å². The van der Waals surface area contributed by atoms with Crippen LogP contribution in [0.5, 0.6) is 0 Å². The van der Waals surface area contributed by atoms with E-state index in [1.165, 1.54) is 0 Å². The number of benzene rings is 1. The Morgan fingerprint density at radius 2 is 2.05 bits per heavy atom. The number of hydrogen-bond donors (Lipinski definition) is 3. The van der Waals surface area contributed by atoms with Crippen LogP contribution in [-0.4, -0.2) is 22.6 Å². The second kappa shape index (κ2) is 7.59. The maximum absolute atomic E-state index is 11.2. The average molecular weight is 318 g/mol. The molecule has 0 radical (unpaired) electrons. The van der Waals surface area contributed by atoms with Gasteiger partial charge in [0.15, 0.2) is 5.15 Å². The predicted octanol–water partition coefficient (Wildman–Crippen LogP) is 3.37. The van der Waals surface area contributed by atoms with Crippen LogP contribution in [0, 0.1) is 0 Å². The molecule has 5 nitrogen and oxygen atoms in total. The number of anilines is 1. The summed E-state index contributed by atoms with van der Waals surface area (Å²) in [7, 11) is 0. The summed E-state index contributed by atoms with van der Waals surface area (Å²) in [6, 6.07) is 10.6. The molecule has 0 aliphatic carbocycles. The van der Waals surface area contributed by atoms with Crippen LogP contribution < -0.4 is 10.8 Å². The fraction of sp³-hybridized carbons (Fsp3) is 0.125. The van der Waals surface area contributed by atoms with Crippen LogP contribution in [-0.2, 0) is 0 Å². The summed E-state index contributed by atoms with van der Waals surface area (Å²) in [4.78, 5) is 15.2. The minimum absolute atomic E-state index is 0.401. The molecule has 0 fully saturated rings. The van der Waals surface area contributed by atoms with Gasteiger partial charge in [0.1, 0.15) is 0 Å². The van der Waals surface area contributed by atoms with E-state index in [1.54, 1.807) is 23.8 Å². The molecule has 0 spiro atoms. The smallest absolute Gasteiger partial charge is 0.274 e. The summed E-state index contributed by atoms with van der Waals surface area (Å²) in [6.45, 7) is 2.62. The number of nitrogens with zero attached hydrogens (tertiary/aromatic N) is 1. The maximum Gasteiger partial charge on any atom is 0.274 e. The number of rotatable bonds is 5. The van der Waals surface area contributed by atoms with Crippen molar-refractivity contribution in [2.75, 3.05) is 11.9 Å². The zero-order valence-electron chi connectivity index (χ0n) is 12.0. The van der Waals surface area contributed by atoms with Crippen molar-refractivity contribution in [3.63, 3.8) is 0 Å². The van der Waals surface area contributed by atoms with Gasteiger partial charge in [0.25, 0.3) is 5.91 Å². The van der Waals surface area contributed by atoms with Crippen molar-refractivity contribution in [3.05, 3.63) is 64.4 Å². The first-order valence-corrected chi connectivity index (χ1v) is 7.04. The zero-order valence-corrected chi connectivity index (χ0v) is 12.8. The van der Waals surface area contributed by atoms with E-state index in [1.807, 2.05) is 37.3 Å². The van der Waals surface area contributed by atoms with Crippen LogP contribution in [0.3, 0.4) is 0 Å². The van der Waals surface area contributed by atoms with Gasteiger partial charge >= 0.3 is 0 Å². The van der Waals surface area contributed by atoms with Gasteiger partial charge in [-0.3, -0.25) is 10.0 Å². The van der Waals surface area contributed by atoms with E-state index in [2.05, 4.69) is 10.3 Å². The summed E-state index contributed by atoms with van der Waals surface area (Å²) < 4.78 is 0. The van der Waals surface area contributed by atoms with Gasteiger partial charge in [0.2, 0.25) is 0 Å². The lowest BCUT2D eigenvalue weighted by Crippen LogP contribution is -2.18. The second-order valence-corrected chi connectivity index (χ2v) is 5.11. The maximum atomic E-state index is 11.2. The number of hydroxylamine groups is 1. The monoisotopic (exact) mass is 317 g/mol. The molecule has 0 saturated carbocycles. The van der Waals surface area contributed by atoms with Crippen LogP contribution >= 0.6 is 11.6 Å². The molecular weight excluding hydrogens is 302 g/mol. The Morgan fingerprint density at radius 1 is 1.32 bits per heavy atom. The fourth-order valence-electron chi connectivity index (χ4n) is 1.88. The average Bonchev–Trinajstić information content (AvgIpc) is 2.54. The Morgan fingerprint density at radius 3 is 2.68 bits per heavy atom. The highest BCUT2D eigenvalue weighted by Gasteiger charge is 2.03. The topological polar surface area (TPSA) is 74.2 Å². The van der Waals surface area contributed by atoms with Crippen LogP contribution in [0.4, 0.5) is 5.69 Å². The third-order valence-corrected chi connectivity index (χ3v) is 3.31. The quantitative estimate of drug-likeness (QED) is 0.449. The molecule has 1 heterocycles. The highest BCUT2D eigenvalue weighted by atomic mass is 35.5. The summed E-state index contributed by atoms with van der Waals surface area (Å²) in [5.41, 5.74) is 4.85. The van der Waals surface area contributed by atoms with Gasteiger partial charge < -0.3 is 5.32 Å². The normalized spacial score (nSPS) is 11.1. The molecule has 0 bridgehead atoms. The third kappa shape index (κ3) is 4.31. The highest BCUT2D eigenvalue weighted by molar-refractivity contribution is 6.31. The summed E-state index contributed by atoms with van der Waals surface area (Å²) in [5.74, 6) is -0.528. The fourth-order valence-corrected chi connectivity index (χ4v) is 2.07. The number of amides is 1. The Labute approximate surface area is 133 Å². The molecule has 1 amide bonds. The van der Waals surface area contributed by atoms with E-state index in [4.69, 9.17) is 16.8 Å². The van der Waals surface area contributed by atoms with Crippen LogP contribution in [0.2, 0.25) is 5.15 Å². The standard InChI is InChI=1S/C16H16ClN3O2/c1-11(10-19-14-3-2-8-18-15(14)17)9-12-4-6-13(7-5-12)16(21)20-22/h2-9,19,22H,10H2,1H3,(H,20,21). The molecule has 1 aromatic carbocycles. The zero-order chi connectivity index (χ0) is 15.9. The van der Waals surface area contributed by atoms with Gasteiger partial charge in [0.05, 0.1) is 5.69 Å². The van der Waals surface area contributed by atoms with Crippen molar-refractivity contribution >= 4 is 29.3 Å². The molecular formula is C16H16ClN3O2. The Balaban J connectivity index is 2.00. The number of halogens is 1. The van der Waals surface area contributed by atoms with E-state index in [9.17, 15) is 4.79 Å². The lowest BCUT2D eigenvalue weighted by Gasteiger charge is -2.08. The van der Waals surface area contributed by atoms with Gasteiger partial charge in [0, 0.05) is 18.3 Å². The summed E-state index contributed by atoms with van der Waals surface area (Å²) in [6.07, 6.45) is 3.64. The second-order valence-electron chi connectivity index (χ2n) is 4.75. The van der Waals surface area contributed by atoms with Crippen molar-refractivity contribution in [3.8, 4) is 0 Å². The van der Waals surface area contributed by atoms with Crippen molar-refractivity contribution in [1.29, 1.82) is 0 Å². The van der Waals surface area contributed by atoms with E-state index >= 15 is 0 Å². The number of hydrogen-bond acceptors (Lipinski definition) is 4.